The lowest BCUT2D eigenvalue weighted by Crippen LogP contribution is -2.19. The molecule has 2 aromatic carbocycles. The Morgan fingerprint density at radius 3 is 2.32 bits per heavy atom. The largest absolute Gasteiger partial charge is 0.478 e. The molecule has 0 saturated carbocycles. The lowest BCUT2D eigenvalue weighted by atomic mass is 10.1. The second-order valence-electron chi connectivity index (χ2n) is 4.52. The molecule has 0 bridgehead atoms. The third-order valence-corrected chi connectivity index (χ3v) is 3.37. The van der Waals surface area contributed by atoms with Gasteiger partial charge in [-0.05, 0) is 35.4 Å². The van der Waals surface area contributed by atoms with Crippen LogP contribution in [0.25, 0.3) is 0 Å². The number of carboxylic acid groups (broad SMARTS) is 1. The molecular weight excluding hydrogens is 348 g/mol. The van der Waals surface area contributed by atoms with Crippen LogP contribution in [0.15, 0.2) is 58.1 Å². The molecule has 0 heterocycles. The first-order valence-corrected chi connectivity index (χ1v) is 7.23. The molecule has 0 aliphatic carbocycles. The van der Waals surface area contributed by atoms with Crippen molar-refractivity contribution in [2.75, 3.05) is 0 Å². The van der Waals surface area contributed by atoms with Crippen molar-refractivity contribution in [3.8, 4) is 0 Å². The van der Waals surface area contributed by atoms with Crippen LogP contribution in [-0.4, -0.2) is 23.2 Å². The van der Waals surface area contributed by atoms with Crippen molar-refractivity contribution in [1.29, 1.82) is 0 Å². The molecule has 1 amide bonds. The minimum atomic E-state index is -0.980. The number of nitrogens with one attached hydrogen (secondary N) is 1. The van der Waals surface area contributed by atoms with Gasteiger partial charge < -0.3 is 5.11 Å². The van der Waals surface area contributed by atoms with Gasteiger partial charge in [0, 0.05) is 4.47 Å². The molecule has 0 unspecified atom stereocenters. The summed E-state index contributed by atoms with van der Waals surface area (Å²) in [7, 11) is 0. The molecule has 0 radical (unpaired) electrons. The summed E-state index contributed by atoms with van der Waals surface area (Å²) in [5.41, 5.74) is 4.23. The highest BCUT2D eigenvalue weighted by Gasteiger charge is 2.02. The first-order chi connectivity index (χ1) is 10.5. The Bertz CT molecular complexity index is 694. The zero-order valence-corrected chi connectivity index (χ0v) is 13.1. The van der Waals surface area contributed by atoms with Crippen LogP contribution in [0, 0.1) is 0 Å². The average molecular weight is 361 g/mol. The van der Waals surface area contributed by atoms with Gasteiger partial charge in [0.2, 0.25) is 5.91 Å². The number of carboxylic acids is 1. The van der Waals surface area contributed by atoms with Crippen LogP contribution >= 0.6 is 15.9 Å². The Morgan fingerprint density at radius 1 is 1.09 bits per heavy atom. The second-order valence-corrected chi connectivity index (χ2v) is 5.44. The maximum Gasteiger partial charge on any atom is 0.335 e. The van der Waals surface area contributed by atoms with E-state index >= 15 is 0 Å². The minimum Gasteiger partial charge on any atom is -0.478 e. The Balaban J connectivity index is 1.87. The maximum absolute atomic E-state index is 11.7. The van der Waals surface area contributed by atoms with Gasteiger partial charge in [-0.2, -0.15) is 5.10 Å². The smallest absolute Gasteiger partial charge is 0.335 e. The van der Waals surface area contributed by atoms with Crippen molar-refractivity contribution in [1.82, 2.24) is 5.43 Å². The molecule has 5 nitrogen and oxygen atoms in total. The Kier molecular flexibility index (Phi) is 5.43. The molecule has 0 spiro atoms. The molecule has 0 atom stereocenters. The van der Waals surface area contributed by atoms with Gasteiger partial charge in [0.25, 0.3) is 0 Å². The maximum atomic E-state index is 11.7. The van der Waals surface area contributed by atoms with Crippen LogP contribution < -0.4 is 5.43 Å². The summed E-state index contributed by atoms with van der Waals surface area (Å²) < 4.78 is 0.958. The van der Waals surface area contributed by atoms with Crippen molar-refractivity contribution in [3.63, 3.8) is 0 Å². The number of halogens is 1. The van der Waals surface area contributed by atoms with Gasteiger partial charge in [-0.3, -0.25) is 4.79 Å². The molecule has 0 fully saturated rings. The summed E-state index contributed by atoms with van der Waals surface area (Å²) >= 11 is 3.33. The Morgan fingerprint density at radius 2 is 1.73 bits per heavy atom. The monoisotopic (exact) mass is 360 g/mol. The predicted molar refractivity (Wildman–Crippen MR) is 87.0 cm³/mol. The number of hydrogen-bond donors (Lipinski definition) is 2. The van der Waals surface area contributed by atoms with Gasteiger partial charge in [-0.25, -0.2) is 10.2 Å². The van der Waals surface area contributed by atoms with Gasteiger partial charge in [0.1, 0.15) is 0 Å². The van der Waals surface area contributed by atoms with Crippen molar-refractivity contribution in [2.45, 2.75) is 6.42 Å². The number of carbonyl (C=O) groups is 2. The number of nitrogens with zero attached hydrogens (tertiary/aromatic N) is 1. The van der Waals surface area contributed by atoms with E-state index in [2.05, 4.69) is 26.5 Å². The van der Waals surface area contributed by atoms with Crippen molar-refractivity contribution < 1.29 is 14.7 Å². The van der Waals surface area contributed by atoms with E-state index in [0.29, 0.717) is 5.56 Å². The molecule has 6 heteroatoms. The van der Waals surface area contributed by atoms with E-state index in [4.69, 9.17) is 5.11 Å². The van der Waals surface area contributed by atoms with Gasteiger partial charge in [-0.15, -0.1) is 0 Å². The van der Waals surface area contributed by atoms with E-state index in [-0.39, 0.29) is 17.9 Å². The van der Waals surface area contributed by atoms with E-state index in [1.165, 1.54) is 18.3 Å². The quantitative estimate of drug-likeness (QED) is 0.635. The standard InChI is InChI=1S/C16H13BrN2O3/c17-14-7-3-11(4-8-14)9-15(20)19-18-10-12-1-5-13(6-2-12)16(21)22/h1-8,10H,9H2,(H,19,20)(H,21,22)/b18-10-. The number of aromatic carboxylic acids is 1. The van der Waals surface area contributed by atoms with Crippen LogP contribution in [0.4, 0.5) is 0 Å². The highest BCUT2D eigenvalue weighted by molar-refractivity contribution is 9.10. The second kappa shape index (κ2) is 7.51. The zero-order chi connectivity index (χ0) is 15.9. The SMILES string of the molecule is O=C(Cc1ccc(Br)cc1)N/N=C\c1ccc(C(=O)O)cc1. The minimum absolute atomic E-state index is 0.205. The summed E-state index contributed by atoms with van der Waals surface area (Å²) in [5.74, 6) is -1.20. The molecule has 0 aliphatic rings. The Labute approximate surface area is 135 Å². The zero-order valence-electron chi connectivity index (χ0n) is 11.5. The first kappa shape index (κ1) is 15.9. The fourth-order valence-corrected chi connectivity index (χ4v) is 1.98. The van der Waals surface area contributed by atoms with Crippen LogP contribution in [0.5, 0.6) is 0 Å². The van der Waals surface area contributed by atoms with Crippen molar-refractivity contribution >= 4 is 34.0 Å². The average Bonchev–Trinajstić information content (AvgIpc) is 2.50. The highest BCUT2D eigenvalue weighted by atomic mass is 79.9. The van der Waals surface area contributed by atoms with E-state index in [1.54, 1.807) is 12.1 Å². The van der Waals surface area contributed by atoms with Crippen LogP contribution in [0.2, 0.25) is 0 Å². The molecule has 22 heavy (non-hydrogen) atoms. The number of hydrogen-bond acceptors (Lipinski definition) is 3. The Hall–Kier alpha value is -2.47. The number of hydrazone groups is 1. The van der Waals surface area contributed by atoms with Gasteiger partial charge in [0.05, 0.1) is 18.2 Å². The van der Waals surface area contributed by atoms with E-state index in [9.17, 15) is 9.59 Å². The normalized spacial score (nSPS) is 10.6. The molecule has 0 aliphatic heterocycles. The third kappa shape index (κ3) is 4.82. The van der Waals surface area contributed by atoms with E-state index in [1.807, 2.05) is 24.3 Å². The molecule has 2 N–H and O–H groups in total. The number of rotatable bonds is 5. The van der Waals surface area contributed by atoms with Gasteiger partial charge in [-0.1, -0.05) is 40.2 Å². The highest BCUT2D eigenvalue weighted by Crippen LogP contribution is 2.10. The molecule has 0 aromatic heterocycles. The van der Waals surface area contributed by atoms with Crippen LogP contribution in [0.1, 0.15) is 21.5 Å². The number of amides is 1. The summed E-state index contributed by atoms with van der Waals surface area (Å²) in [6.45, 7) is 0. The summed E-state index contributed by atoms with van der Waals surface area (Å²) in [6, 6.07) is 13.7. The van der Waals surface area contributed by atoms with Crippen molar-refractivity contribution in [3.05, 3.63) is 69.7 Å². The fraction of sp³-hybridized carbons (Fsp3) is 0.0625. The van der Waals surface area contributed by atoms with E-state index in [0.717, 1.165) is 10.0 Å². The third-order valence-electron chi connectivity index (χ3n) is 2.84. The van der Waals surface area contributed by atoms with Crippen LogP contribution in [-0.2, 0) is 11.2 Å². The predicted octanol–water partition coefficient (Wildman–Crippen LogP) is 2.84. The molecule has 112 valence electrons. The van der Waals surface area contributed by atoms with Gasteiger partial charge in [0.15, 0.2) is 0 Å². The van der Waals surface area contributed by atoms with Crippen LogP contribution in [0.3, 0.4) is 0 Å². The number of benzene rings is 2. The first-order valence-electron chi connectivity index (χ1n) is 6.44. The number of carbonyl (C=O) groups excluding carboxylic acids is 1. The molecular formula is C16H13BrN2O3. The lowest BCUT2D eigenvalue weighted by Gasteiger charge is -2.01. The van der Waals surface area contributed by atoms with Crippen molar-refractivity contribution in [2.24, 2.45) is 5.10 Å². The summed E-state index contributed by atoms with van der Waals surface area (Å²) in [4.78, 5) is 22.4. The lowest BCUT2D eigenvalue weighted by molar-refractivity contribution is -0.120. The van der Waals surface area contributed by atoms with Gasteiger partial charge >= 0.3 is 5.97 Å². The summed E-state index contributed by atoms with van der Waals surface area (Å²) in [5, 5.41) is 12.6. The molecule has 2 rings (SSSR count). The summed E-state index contributed by atoms with van der Waals surface area (Å²) in [6.07, 6.45) is 1.70. The fourth-order valence-electron chi connectivity index (χ4n) is 1.72. The van der Waals surface area contributed by atoms with E-state index < -0.39 is 5.97 Å². The topological polar surface area (TPSA) is 78.8 Å². The molecule has 0 saturated heterocycles. The molecule has 2 aromatic rings.